The fourth-order valence-corrected chi connectivity index (χ4v) is 3.91. The van der Waals surface area contributed by atoms with Gasteiger partial charge in [0.2, 0.25) is 0 Å². The molecule has 0 aliphatic carbocycles. The predicted molar refractivity (Wildman–Crippen MR) is 52.2 cm³/mol. The van der Waals surface area contributed by atoms with E-state index in [1.807, 2.05) is 17.5 Å². The Kier molecular flexibility index (Phi) is 2.03. The first-order valence-corrected chi connectivity index (χ1v) is 6.65. The van der Waals surface area contributed by atoms with Crippen molar-refractivity contribution in [2.45, 2.75) is 0 Å². The molecule has 3 nitrogen and oxygen atoms in total. The summed E-state index contributed by atoms with van der Waals surface area (Å²) in [7, 11) is -2.17. The summed E-state index contributed by atoms with van der Waals surface area (Å²) >= 11 is 1.49. The van der Waals surface area contributed by atoms with Gasteiger partial charge in [-0.3, -0.25) is 4.57 Å². The lowest BCUT2D eigenvalue weighted by Crippen LogP contribution is -1.97. The zero-order chi connectivity index (χ0) is 8.44. The van der Waals surface area contributed by atoms with Gasteiger partial charge >= 0.3 is 0 Å². The Hall–Kier alpha value is -0.600. The SMILES string of the molecule is O=P1(Nc2nccs2)CC=CC1. The van der Waals surface area contributed by atoms with E-state index in [0.29, 0.717) is 12.3 Å². The highest BCUT2D eigenvalue weighted by molar-refractivity contribution is 7.66. The van der Waals surface area contributed by atoms with Crippen LogP contribution in [0.25, 0.3) is 0 Å². The Balaban J connectivity index is 2.09. The quantitative estimate of drug-likeness (QED) is 0.588. The molecule has 1 aliphatic heterocycles. The average Bonchev–Trinajstić information content (AvgIpc) is 2.62. The van der Waals surface area contributed by atoms with Gasteiger partial charge in [0.05, 0.1) is 0 Å². The summed E-state index contributed by atoms with van der Waals surface area (Å²) < 4.78 is 11.9. The summed E-state index contributed by atoms with van der Waals surface area (Å²) in [6, 6.07) is 0. The Bertz CT molecular complexity index is 321. The molecular weight excluding hydrogens is 191 g/mol. The molecule has 0 atom stereocenters. The molecule has 2 rings (SSSR count). The molecule has 0 aromatic carbocycles. The van der Waals surface area contributed by atoms with Gasteiger partial charge in [0.25, 0.3) is 0 Å². The van der Waals surface area contributed by atoms with Crippen LogP contribution in [0.5, 0.6) is 0 Å². The van der Waals surface area contributed by atoms with E-state index in [1.54, 1.807) is 6.20 Å². The van der Waals surface area contributed by atoms with E-state index in [-0.39, 0.29) is 0 Å². The number of nitrogens with one attached hydrogen (secondary N) is 1. The number of allylic oxidation sites excluding steroid dienone is 2. The summed E-state index contributed by atoms with van der Waals surface area (Å²) in [5, 5.41) is 5.64. The van der Waals surface area contributed by atoms with E-state index in [1.165, 1.54) is 11.3 Å². The molecule has 0 amide bonds. The van der Waals surface area contributed by atoms with Crippen LogP contribution >= 0.6 is 18.6 Å². The molecular formula is C7H9N2OPS. The van der Waals surface area contributed by atoms with Crippen LogP contribution < -0.4 is 5.09 Å². The van der Waals surface area contributed by atoms with E-state index < -0.39 is 7.29 Å². The van der Waals surface area contributed by atoms with Crippen molar-refractivity contribution in [1.82, 2.24) is 4.98 Å². The number of hydrogen-bond acceptors (Lipinski definition) is 3. The molecule has 12 heavy (non-hydrogen) atoms. The van der Waals surface area contributed by atoms with Crippen molar-refractivity contribution in [1.29, 1.82) is 0 Å². The third kappa shape index (κ3) is 1.59. The van der Waals surface area contributed by atoms with Crippen LogP contribution in [0.4, 0.5) is 5.13 Å². The molecule has 0 unspecified atom stereocenters. The molecule has 0 radical (unpaired) electrons. The fourth-order valence-electron chi connectivity index (χ4n) is 1.11. The molecule has 0 saturated heterocycles. The van der Waals surface area contributed by atoms with Crippen LogP contribution in [0.2, 0.25) is 0 Å². The zero-order valence-electron chi connectivity index (χ0n) is 6.43. The lowest BCUT2D eigenvalue weighted by atomic mass is 10.6. The molecule has 5 heteroatoms. The van der Waals surface area contributed by atoms with Crippen molar-refractivity contribution in [3.8, 4) is 0 Å². The van der Waals surface area contributed by atoms with E-state index in [9.17, 15) is 4.57 Å². The molecule has 2 heterocycles. The van der Waals surface area contributed by atoms with Gasteiger partial charge in [0.15, 0.2) is 12.4 Å². The van der Waals surface area contributed by atoms with Crippen LogP contribution in [0.3, 0.4) is 0 Å². The Morgan fingerprint density at radius 1 is 1.50 bits per heavy atom. The first-order valence-electron chi connectivity index (χ1n) is 3.69. The van der Waals surface area contributed by atoms with Crippen LogP contribution in [-0.4, -0.2) is 17.3 Å². The number of nitrogens with zero attached hydrogens (tertiary/aromatic N) is 1. The summed E-state index contributed by atoms with van der Waals surface area (Å²) in [4.78, 5) is 4.03. The third-order valence-corrected chi connectivity index (χ3v) is 4.76. The van der Waals surface area contributed by atoms with Crippen molar-refractivity contribution in [2.24, 2.45) is 0 Å². The first-order chi connectivity index (χ1) is 5.79. The van der Waals surface area contributed by atoms with Gasteiger partial charge in [-0.25, -0.2) is 4.98 Å². The molecule has 0 bridgehead atoms. The maximum atomic E-state index is 11.9. The van der Waals surface area contributed by atoms with Gasteiger partial charge < -0.3 is 5.09 Å². The molecule has 1 N–H and O–H groups in total. The second-order valence-electron chi connectivity index (χ2n) is 2.67. The highest BCUT2D eigenvalue weighted by atomic mass is 32.1. The molecule has 0 spiro atoms. The van der Waals surface area contributed by atoms with Crippen molar-refractivity contribution < 1.29 is 4.57 Å². The third-order valence-electron chi connectivity index (χ3n) is 1.70. The van der Waals surface area contributed by atoms with Crippen LogP contribution in [0.1, 0.15) is 0 Å². The standard InChI is InChI=1S/C7H9N2OPS/c10-11(4-1-2-5-11)9-7-8-3-6-12-7/h1-3,6H,4-5H2,(H,8,9,10). The van der Waals surface area contributed by atoms with Gasteiger partial charge in [0.1, 0.15) is 0 Å². The van der Waals surface area contributed by atoms with Gasteiger partial charge in [0, 0.05) is 23.9 Å². The van der Waals surface area contributed by atoms with Gasteiger partial charge in [-0.2, -0.15) is 0 Å². The molecule has 64 valence electrons. The lowest BCUT2D eigenvalue weighted by molar-refractivity contribution is 0.583. The fraction of sp³-hybridized carbons (Fsp3) is 0.286. The largest absolute Gasteiger partial charge is 0.312 e. The molecule has 1 aromatic heterocycles. The maximum absolute atomic E-state index is 11.9. The van der Waals surface area contributed by atoms with Crippen molar-refractivity contribution in [3.05, 3.63) is 23.7 Å². The maximum Gasteiger partial charge on any atom is 0.188 e. The summed E-state index contributed by atoms with van der Waals surface area (Å²) in [5.41, 5.74) is 0. The van der Waals surface area contributed by atoms with Crippen molar-refractivity contribution in [2.75, 3.05) is 17.4 Å². The predicted octanol–water partition coefficient (Wildman–Crippen LogP) is 2.40. The van der Waals surface area contributed by atoms with E-state index >= 15 is 0 Å². The first kappa shape index (κ1) is 8.02. The minimum atomic E-state index is -2.17. The second-order valence-corrected chi connectivity index (χ2v) is 6.30. The number of thiazole rings is 1. The minimum absolute atomic E-state index is 0.659. The molecule has 0 fully saturated rings. The van der Waals surface area contributed by atoms with Crippen LogP contribution in [0.15, 0.2) is 23.7 Å². The average molecular weight is 200 g/mol. The van der Waals surface area contributed by atoms with Gasteiger partial charge in [-0.05, 0) is 0 Å². The summed E-state index contributed by atoms with van der Waals surface area (Å²) in [5.74, 6) is 0. The zero-order valence-corrected chi connectivity index (χ0v) is 8.15. The Morgan fingerprint density at radius 2 is 2.25 bits per heavy atom. The van der Waals surface area contributed by atoms with E-state index in [0.717, 1.165) is 5.13 Å². The molecule has 0 saturated carbocycles. The minimum Gasteiger partial charge on any atom is -0.312 e. The van der Waals surface area contributed by atoms with Crippen molar-refractivity contribution in [3.63, 3.8) is 0 Å². The van der Waals surface area contributed by atoms with Gasteiger partial charge in [-0.15, -0.1) is 11.3 Å². The van der Waals surface area contributed by atoms with E-state index in [2.05, 4.69) is 10.1 Å². The molecule has 1 aliphatic rings. The summed E-state index contributed by atoms with van der Waals surface area (Å²) in [6.07, 6.45) is 6.95. The highest BCUT2D eigenvalue weighted by Gasteiger charge is 2.23. The normalized spacial score (nSPS) is 19.7. The number of anilines is 1. The van der Waals surface area contributed by atoms with Gasteiger partial charge in [-0.1, -0.05) is 12.2 Å². The van der Waals surface area contributed by atoms with Crippen molar-refractivity contribution >= 4 is 23.8 Å². The smallest absolute Gasteiger partial charge is 0.188 e. The number of aromatic nitrogens is 1. The van der Waals surface area contributed by atoms with Crippen LogP contribution in [0, 0.1) is 0 Å². The monoisotopic (exact) mass is 200 g/mol. The number of hydrogen-bond donors (Lipinski definition) is 1. The topological polar surface area (TPSA) is 42.0 Å². The highest BCUT2D eigenvalue weighted by Crippen LogP contribution is 2.48. The van der Waals surface area contributed by atoms with Crippen LogP contribution in [-0.2, 0) is 4.57 Å². The Labute approximate surface area is 75.0 Å². The Morgan fingerprint density at radius 3 is 2.83 bits per heavy atom. The number of rotatable bonds is 2. The molecule has 1 aromatic rings. The second kappa shape index (κ2) is 3.04. The summed E-state index contributed by atoms with van der Waals surface area (Å²) in [6.45, 7) is 0. The lowest BCUT2D eigenvalue weighted by Gasteiger charge is -2.10. The van der Waals surface area contributed by atoms with E-state index in [4.69, 9.17) is 0 Å².